The standard InChI is InChI=1S/C11H15N3O/c15-7-8-4-5-14-10(6-8)12-13-11(14)9-2-1-3-9/h7-9H,1-6H2. The highest BCUT2D eigenvalue weighted by atomic mass is 16.1. The molecule has 0 saturated heterocycles. The molecule has 1 aromatic heterocycles. The molecule has 0 aromatic carbocycles. The Hall–Kier alpha value is -1.19. The first-order valence-electron chi connectivity index (χ1n) is 5.75. The normalized spacial score (nSPS) is 25.7. The molecular formula is C11H15N3O. The molecule has 0 spiro atoms. The zero-order chi connectivity index (χ0) is 10.3. The summed E-state index contributed by atoms with van der Waals surface area (Å²) in [6.45, 7) is 0.928. The molecule has 15 heavy (non-hydrogen) atoms. The molecule has 1 aliphatic carbocycles. The Morgan fingerprint density at radius 3 is 2.80 bits per heavy atom. The molecule has 80 valence electrons. The Morgan fingerprint density at radius 2 is 2.13 bits per heavy atom. The zero-order valence-corrected chi connectivity index (χ0v) is 8.72. The summed E-state index contributed by atoms with van der Waals surface area (Å²) >= 11 is 0. The van der Waals surface area contributed by atoms with Crippen molar-refractivity contribution in [1.82, 2.24) is 14.8 Å². The lowest BCUT2D eigenvalue weighted by atomic mass is 9.84. The van der Waals surface area contributed by atoms with Gasteiger partial charge in [-0.3, -0.25) is 0 Å². The van der Waals surface area contributed by atoms with Crippen LogP contribution in [-0.2, 0) is 17.8 Å². The van der Waals surface area contributed by atoms with E-state index in [0.29, 0.717) is 5.92 Å². The third kappa shape index (κ3) is 1.39. The number of carbonyl (C=O) groups excluding carboxylic acids is 1. The Balaban J connectivity index is 1.88. The third-order valence-corrected chi connectivity index (χ3v) is 3.69. The predicted octanol–water partition coefficient (Wildman–Crippen LogP) is 1.31. The molecule has 1 fully saturated rings. The van der Waals surface area contributed by atoms with Gasteiger partial charge in [0.1, 0.15) is 17.9 Å². The van der Waals surface area contributed by atoms with Gasteiger partial charge in [0, 0.05) is 24.8 Å². The van der Waals surface area contributed by atoms with Crippen molar-refractivity contribution in [3.63, 3.8) is 0 Å². The second kappa shape index (κ2) is 3.43. The average molecular weight is 205 g/mol. The van der Waals surface area contributed by atoms with Crippen molar-refractivity contribution in [2.24, 2.45) is 5.92 Å². The van der Waals surface area contributed by atoms with Crippen molar-refractivity contribution in [3.8, 4) is 0 Å². The molecule has 1 atom stereocenters. The maximum absolute atomic E-state index is 10.7. The van der Waals surface area contributed by atoms with Crippen molar-refractivity contribution < 1.29 is 4.79 Å². The highest BCUT2D eigenvalue weighted by molar-refractivity contribution is 5.54. The molecular weight excluding hydrogens is 190 g/mol. The van der Waals surface area contributed by atoms with Crippen LogP contribution in [0.4, 0.5) is 0 Å². The van der Waals surface area contributed by atoms with Crippen LogP contribution in [0.15, 0.2) is 0 Å². The Bertz CT molecular complexity index is 381. The molecule has 1 unspecified atom stereocenters. The van der Waals surface area contributed by atoms with E-state index in [9.17, 15) is 4.79 Å². The molecule has 4 nitrogen and oxygen atoms in total. The lowest BCUT2D eigenvalue weighted by molar-refractivity contribution is -0.111. The minimum Gasteiger partial charge on any atom is -0.315 e. The van der Waals surface area contributed by atoms with E-state index in [2.05, 4.69) is 14.8 Å². The molecule has 0 bridgehead atoms. The molecule has 1 aliphatic heterocycles. The number of hydrogen-bond acceptors (Lipinski definition) is 3. The van der Waals surface area contributed by atoms with E-state index in [1.54, 1.807) is 0 Å². The minimum absolute atomic E-state index is 0.163. The molecule has 0 amide bonds. The monoisotopic (exact) mass is 205 g/mol. The van der Waals surface area contributed by atoms with Crippen LogP contribution in [0.3, 0.4) is 0 Å². The first-order chi connectivity index (χ1) is 7.38. The van der Waals surface area contributed by atoms with E-state index >= 15 is 0 Å². The minimum atomic E-state index is 0.163. The second-order valence-corrected chi connectivity index (χ2v) is 4.64. The first-order valence-corrected chi connectivity index (χ1v) is 5.75. The van der Waals surface area contributed by atoms with Gasteiger partial charge < -0.3 is 9.36 Å². The van der Waals surface area contributed by atoms with Crippen molar-refractivity contribution in [2.45, 2.75) is 44.6 Å². The Morgan fingerprint density at radius 1 is 1.27 bits per heavy atom. The van der Waals surface area contributed by atoms with Gasteiger partial charge in [-0.1, -0.05) is 6.42 Å². The summed E-state index contributed by atoms with van der Waals surface area (Å²) in [6, 6.07) is 0. The summed E-state index contributed by atoms with van der Waals surface area (Å²) in [5, 5.41) is 8.50. The highest BCUT2D eigenvalue weighted by Crippen LogP contribution is 2.36. The van der Waals surface area contributed by atoms with Crippen molar-refractivity contribution in [1.29, 1.82) is 0 Å². The highest BCUT2D eigenvalue weighted by Gasteiger charge is 2.29. The number of carbonyl (C=O) groups is 1. The topological polar surface area (TPSA) is 47.8 Å². The van der Waals surface area contributed by atoms with Gasteiger partial charge in [-0.15, -0.1) is 10.2 Å². The predicted molar refractivity (Wildman–Crippen MR) is 54.5 cm³/mol. The average Bonchev–Trinajstić information content (AvgIpc) is 2.59. The number of aromatic nitrogens is 3. The second-order valence-electron chi connectivity index (χ2n) is 4.64. The SMILES string of the molecule is O=CC1CCn2c(nnc2C2CCC2)C1. The zero-order valence-electron chi connectivity index (χ0n) is 8.72. The number of aldehydes is 1. The first kappa shape index (κ1) is 9.07. The van der Waals surface area contributed by atoms with E-state index < -0.39 is 0 Å². The molecule has 3 rings (SSSR count). The van der Waals surface area contributed by atoms with Crippen molar-refractivity contribution in [2.75, 3.05) is 0 Å². The lowest BCUT2D eigenvalue weighted by Crippen LogP contribution is -2.24. The number of nitrogens with zero attached hydrogens (tertiary/aromatic N) is 3. The molecule has 2 heterocycles. The van der Waals surface area contributed by atoms with Gasteiger partial charge in [-0.05, 0) is 19.3 Å². The van der Waals surface area contributed by atoms with Crippen LogP contribution in [0.2, 0.25) is 0 Å². The number of rotatable bonds is 2. The number of fused-ring (bicyclic) bond motifs is 1. The fraction of sp³-hybridized carbons (Fsp3) is 0.727. The van der Waals surface area contributed by atoms with E-state index in [4.69, 9.17) is 0 Å². The van der Waals surface area contributed by atoms with Gasteiger partial charge in [-0.25, -0.2) is 0 Å². The Labute approximate surface area is 88.7 Å². The van der Waals surface area contributed by atoms with Crippen LogP contribution in [-0.4, -0.2) is 21.1 Å². The molecule has 4 heteroatoms. The van der Waals surface area contributed by atoms with Crippen LogP contribution in [0.5, 0.6) is 0 Å². The van der Waals surface area contributed by atoms with Crippen molar-refractivity contribution >= 4 is 6.29 Å². The smallest absolute Gasteiger partial charge is 0.136 e. The summed E-state index contributed by atoms with van der Waals surface area (Å²) in [5.41, 5.74) is 0. The third-order valence-electron chi connectivity index (χ3n) is 3.69. The summed E-state index contributed by atoms with van der Waals surface area (Å²) in [7, 11) is 0. The van der Waals surface area contributed by atoms with Crippen LogP contribution >= 0.6 is 0 Å². The summed E-state index contributed by atoms with van der Waals surface area (Å²) < 4.78 is 2.24. The lowest BCUT2D eigenvalue weighted by Gasteiger charge is -2.27. The number of hydrogen-bond donors (Lipinski definition) is 0. The summed E-state index contributed by atoms with van der Waals surface area (Å²) in [4.78, 5) is 10.7. The molecule has 0 radical (unpaired) electrons. The van der Waals surface area contributed by atoms with E-state index in [1.165, 1.54) is 25.1 Å². The van der Waals surface area contributed by atoms with Crippen LogP contribution in [0.25, 0.3) is 0 Å². The van der Waals surface area contributed by atoms with E-state index in [0.717, 1.165) is 31.5 Å². The maximum Gasteiger partial charge on any atom is 0.136 e. The van der Waals surface area contributed by atoms with Gasteiger partial charge in [0.2, 0.25) is 0 Å². The summed E-state index contributed by atoms with van der Waals surface area (Å²) in [6.07, 6.45) is 6.63. The van der Waals surface area contributed by atoms with Gasteiger partial charge in [0.05, 0.1) is 0 Å². The maximum atomic E-state index is 10.7. The Kier molecular flexibility index (Phi) is 2.08. The molecule has 1 aromatic rings. The van der Waals surface area contributed by atoms with Gasteiger partial charge >= 0.3 is 0 Å². The van der Waals surface area contributed by atoms with Crippen molar-refractivity contribution in [3.05, 3.63) is 11.6 Å². The summed E-state index contributed by atoms with van der Waals surface area (Å²) in [5.74, 6) is 2.98. The fourth-order valence-electron chi connectivity index (χ4n) is 2.46. The van der Waals surface area contributed by atoms with Crippen LogP contribution in [0, 0.1) is 5.92 Å². The van der Waals surface area contributed by atoms with Gasteiger partial charge in [0.25, 0.3) is 0 Å². The molecule has 0 N–H and O–H groups in total. The molecule has 1 saturated carbocycles. The largest absolute Gasteiger partial charge is 0.315 e. The van der Waals surface area contributed by atoms with E-state index in [1.807, 2.05) is 0 Å². The van der Waals surface area contributed by atoms with Gasteiger partial charge in [0.15, 0.2) is 0 Å². The van der Waals surface area contributed by atoms with Crippen LogP contribution in [0.1, 0.15) is 43.3 Å². The molecule has 2 aliphatic rings. The van der Waals surface area contributed by atoms with Crippen LogP contribution < -0.4 is 0 Å². The van der Waals surface area contributed by atoms with Gasteiger partial charge in [-0.2, -0.15) is 0 Å². The van der Waals surface area contributed by atoms with E-state index in [-0.39, 0.29) is 5.92 Å². The quantitative estimate of drug-likeness (QED) is 0.684. The fourth-order valence-corrected chi connectivity index (χ4v) is 2.46.